The summed E-state index contributed by atoms with van der Waals surface area (Å²) < 4.78 is 0. The number of benzene rings is 2. The fraction of sp³-hybridized carbons (Fsp3) is 0.263. The zero-order valence-corrected chi connectivity index (χ0v) is 13.1. The van der Waals surface area contributed by atoms with Gasteiger partial charge in [0.2, 0.25) is 5.91 Å². The summed E-state index contributed by atoms with van der Waals surface area (Å²) in [5.41, 5.74) is 4.87. The Morgan fingerprint density at radius 2 is 1.41 bits per heavy atom. The van der Waals surface area contributed by atoms with Gasteiger partial charge in [0, 0.05) is 6.42 Å². The van der Waals surface area contributed by atoms with Crippen molar-refractivity contribution in [3.05, 3.63) is 70.8 Å². The van der Waals surface area contributed by atoms with Crippen LogP contribution in [0, 0.1) is 0 Å². The van der Waals surface area contributed by atoms with Crippen molar-refractivity contribution >= 4 is 23.1 Å². The van der Waals surface area contributed by atoms with E-state index in [9.17, 15) is 4.79 Å². The maximum absolute atomic E-state index is 11.8. The van der Waals surface area contributed by atoms with E-state index in [1.165, 1.54) is 22.3 Å². The minimum atomic E-state index is -0.354. The molecule has 2 aliphatic rings. The fourth-order valence-corrected chi connectivity index (χ4v) is 4.38. The lowest BCUT2D eigenvalue weighted by atomic mass is 9.68. The van der Waals surface area contributed by atoms with Crippen molar-refractivity contribution in [1.82, 2.24) is 5.32 Å². The Balaban J connectivity index is 2.03. The first-order valence-corrected chi connectivity index (χ1v) is 8.14. The fourth-order valence-electron chi connectivity index (χ4n) is 3.95. The highest BCUT2D eigenvalue weighted by atomic mass is 32.1. The molecule has 1 amide bonds. The molecule has 4 rings (SSSR count). The summed E-state index contributed by atoms with van der Waals surface area (Å²) in [5, 5.41) is 2.94. The molecule has 22 heavy (non-hydrogen) atoms. The molecule has 2 nitrogen and oxygen atoms in total. The summed E-state index contributed by atoms with van der Waals surface area (Å²) in [5.74, 6) is 0.0369. The Bertz CT molecular complexity index is 733. The Morgan fingerprint density at radius 3 is 1.95 bits per heavy atom. The van der Waals surface area contributed by atoms with E-state index in [0.29, 0.717) is 11.4 Å². The third kappa shape index (κ3) is 1.85. The van der Waals surface area contributed by atoms with Crippen LogP contribution in [-0.4, -0.2) is 10.9 Å². The van der Waals surface area contributed by atoms with E-state index in [1.807, 2.05) is 0 Å². The number of fused-ring (bicyclic) bond motifs is 4. The SMILES string of the molecule is O=C1CCC2(C(=S)N1)c1ccccc1CCc1ccccc12. The van der Waals surface area contributed by atoms with Gasteiger partial charge < -0.3 is 5.32 Å². The van der Waals surface area contributed by atoms with Gasteiger partial charge in [-0.1, -0.05) is 60.7 Å². The lowest BCUT2D eigenvalue weighted by molar-refractivity contribution is -0.120. The summed E-state index contributed by atoms with van der Waals surface area (Å²) >= 11 is 5.70. The van der Waals surface area contributed by atoms with Crippen LogP contribution in [0.15, 0.2) is 48.5 Å². The molecule has 1 aliphatic carbocycles. The molecule has 0 atom stereocenters. The molecular formula is C19H17NOS. The first-order chi connectivity index (χ1) is 10.7. The highest BCUT2D eigenvalue weighted by Crippen LogP contribution is 2.45. The van der Waals surface area contributed by atoms with Crippen molar-refractivity contribution in [1.29, 1.82) is 0 Å². The second-order valence-electron chi connectivity index (χ2n) is 6.10. The predicted octanol–water partition coefficient (Wildman–Crippen LogP) is 3.31. The monoisotopic (exact) mass is 307 g/mol. The van der Waals surface area contributed by atoms with Gasteiger partial charge >= 0.3 is 0 Å². The molecule has 0 radical (unpaired) electrons. The van der Waals surface area contributed by atoms with Crippen LogP contribution in [0.4, 0.5) is 0 Å². The van der Waals surface area contributed by atoms with E-state index in [0.717, 1.165) is 19.3 Å². The number of thiocarbonyl (C=S) groups is 1. The molecule has 3 heteroatoms. The molecule has 1 spiro atoms. The predicted molar refractivity (Wildman–Crippen MR) is 91.0 cm³/mol. The molecular weight excluding hydrogens is 290 g/mol. The number of carbonyl (C=O) groups is 1. The third-order valence-electron chi connectivity index (χ3n) is 4.99. The van der Waals surface area contributed by atoms with E-state index in [-0.39, 0.29) is 11.3 Å². The first-order valence-electron chi connectivity index (χ1n) is 7.73. The summed E-state index contributed by atoms with van der Waals surface area (Å²) in [7, 11) is 0. The van der Waals surface area contributed by atoms with Crippen molar-refractivity contribution < 1.29 is 4.79 Å². The van der Waals surface area contributed by atoms with Gasteiger partial charge in [0.05, 0.1) is 10.4 Å². The van der Waals surface area contributed by atoms with Crippen molar-refractivity contribution in [2.45, 2.75) is 31.1 Å². The van der Waals surface area contributed by atoms with Crippen LogP contribution in [0.3, 0.4) is 0 Å². The summed E-state index contributed by atoms with van der Waals surface area (Å²) in [6.45, 7) is 0. The van der Waals surface area contributed by atoms with Crippen molar-refractivity contribution in [2.75, 3.05) is 0 Å². The Morgan fingerprint density at radius 1 is 0.864 bits per heavy atom. The van der Waals surface area contributed by atoms with Gasteiger partial charge in [-0.15, -0.1) is 0 Å². The zero-order valence-electron chi connectivity index (χ0n) is 12.3. The van der Waals surface area contributed by atoms with Gasteiger partial charge in [-0.25, -0.2) is 0 Å². The molecule has 1 N–H and O–H groups in total. The van der Waals surface area contributed by atoms with Crippen LogP contribution in [0.5, 0.6) is 0 Å². The summed E-state index contributed by atoms with van der Waals surface area (Å²) in [6, 6.07) is 17.1. The van der Waals surface area contributed by atoms with Gasteiger partial charge in [0.15, 0.2) is 0 Å². The minimum absolute atomic E-state index is 0.0369. The van der Waals surface area contributed by atoms with Crippen LogP contribution >= 0.6 is 12.2 Å². The van der Waals surface area contributed by atoms with E-state index >= 15 is 0 Å². The maximum Gasteiger partial charge on any atom is 0.224 e. The molecule has 0 unspecified atom stereocenters. The number of nitrogens with one attached hydrogen (secondary N) is 1. The Hall–Kier alpha value is -2.00. The molecule has 0 aromatic heterocycles. The highest BCUT2D eigenvalue weighted by molar-refractivity contribution is 7.80. The number of amides is 1. The molecule has 0 saturated carbocycles. The molecule has 0 bridgehead atoms. The lowest BCUT2D eigenvalue weighted by Crippen LogP contribution is -2.51. The topological polar surface area (TPSA) is 29.1 Å². The molecule has 1 saturated heterocycles. The third-order valence-corrected chi connectivity index (χ3v) is 5.44. The molecule has 2 aromatic rings. The molecule has 2 aromatic carbocycles. The maximum atomic E-state index is 11.8. The summed E-state index contributed by atoms with van der Waals surface area (Å²) in [4.78, 5) is 12.5. The number of piperidine rings is 1. The van der Waals surface area contributed by atoms with Crippen LogP contribution in [0.25, 0.3) is 0 Å². The van der Waals surface area contributed by atoms with Gasteiger partial charge in [-0.2, -0.15) is 0 Å². The molecule has 1 heterocycles. The average Bonchev–Trinajstić information content (AvgIpc) is 2.68. The number of rotatable bonds is 0. The van der Waals surface area contributed by atoms with Crippen LogP contribution < -0.4 is 5.32 Å². The number of hydrogen-bond donors (Lipinski definition) is 1. The van der Waals surface area contributed by atoms with E-state index < -0.39 is 0 Å². The van der Waals surface area contributed by atoms with Crippen molar-refractivity contribution in [2.24, 2.45) is 0 Å². The van der Waals surface area contributed by atoms with Gasteiger partial charge in [-0.3, -0.25) is 4.79 Å². The Kier molecular flexibility index (Phi) is 3.12. The van der Waals surface area contributed by atoms with Gasteiger partial charge in [0.1, 0.15) is 0 Å². The second kappa shape index (κ2) is 5.03. The molecule has 1 fully saturated rings. The largest absolute Gasteiger partial charge is 0.319 e. The summed E-state index contributed by atoms with van der Waals surface area (Å²) in [6.07, 6.45) is 3.31. The molecule has 1 aliphatic heterocycles. The number of aryl methyl sites for hydroxylation is 2. The smallest absolute Gasteiger partial charge is 0.224 e. The van der Waals surface area contributed by atoms with Gasteiger partial charge in [-0.05, 0) is 41.5 Å². The number of hydrogen-bond acceptors (Lipinski definition) is 2. The Labute approximate surface area is 135 Å². The zero-order chi connectivity index (χ0) is 15.2. The van der Waals surface area contributed by atoms with E-state index in [4.69, 9.17) is 12.2 Å². The van der Waals surface area contributed by atoms with Crippen molar-refractivity contribution in [3.63, 3.8) is 0 Å². The second-order valence-corrected chi connectivity index (χ2v) is 6.51. The van der Waals surface area contributed by atoms with Crippen LogP contribution in [0.1, 0.15) is 35.1 Å². The number of carbonyl (C=O) groups excluding carboxylic acids is 1. The highest BCUT2D eigenvalue weighted by Gasteiger charge is 2.45. The van der Waals surface area contributed by atoms with E-state index in [1.54, 1.807) is 0 Å². The van der Waals surface area contributed by atoms with Crippen LogP contribution in [0.2, 0.25) is 0 Å². The van der Waals surface area contributed by atoms with Crippen LogP contribution in [-0.2, 0) is 23.1 Å². The van der Waals surface area contributed by atoms with Crippen molar-refractivity contribution in [3.8, 4) is 0 Å². The average molecular weight is 307 g/mol. The molecule has 110 valence electrons. The minimum Gasteiger partial charge on any atom is -0.319 e. The van der Waals surface area contributed by atoms with Gasteiger partial charge in [0.25, 0.3) is 0 Å². The lowest BCUT2D eigenvalue weighted by Gasteiger charge is -2.40. The quantitative estimate of drug-likeness (QED) is 0.757. The first kappa shape index (κ1) is 13.6. The standard InChI is InChI=1S/C19H17NOS/c21-17-11-12-19(18(22)20-17)15-7-3-1-5-13(15)9-10-14-6-2-4-8-16(14)19/h1-8H,9-12H2,(H,20,21,22). The van der Waals surface area contributed by atoms with E-state index in [2.05, 4.69) is 53.8 Å². The normalized spacial score (nSPS) is 19.1.